The Balaban J connectivity index is 1.48. The van der Waals surface area contributed by atoms with E-state index in [0.717, 1.165) is 37.7 Å². The van der Waals surface area contributed by atoms with Gasteiger partial charge in [0.25, 0.3) is 10.0 Å². The number of fused-ring (bicyclic) bond motifs is 1. The molecule has 0 bridgehead atoms. The predicted molar refractivity (Wildman–Crippen MR) is 112 cm³/mol. The normalized spacial score (nSPS) is 17.8. The van der Waals surface area contributed by atoms with Gasteiger partial charge < -0.3 is 4.42 Å². The molecule has 2 aliphatic rings. The summed E-state index contributed by atoms with van der Waals surface area (Å²) in [7, 11) is -3.62. The summed E-state index contributed by atoms with van der Waals surface area (Å²) in [4.78, 5) is 12.8. The van der Waals surface area contributed by atoms with Gasteiger partial charge in [-0.25, -0.2) is 8.42 Å². The number of rotatable bonds is 6. The molecule has 1 aromatic heterocycles. The molecule has 0 saturated carbocycles. The zero-order valence-electron chi connectivity index (χ0n) is 17.1. The molecule has 1 aliphatic heterocycles. The van der Waals surface area contributed by atoms with E-state index < -0.39 is 10.0 Å². The smallest absolute Gasteiger partial charge is 0.276 e. The van der Waals surface area contributed by atoms with E-state index in [9.17, 15) is 13.2 Å². The fourth-order valence-corrected chi connectivity index (χ4v) is 6.05. The molecule has 6 heteroatoms. The first-order valence-electron chi connectivity index (χ1n) is 10.7. The minimum atomic E-state index is -3.62. The molecule has 4 rings (SSSR count). The van der Waals surface area contributed by atoms with E-state index >= 15 is 0 Å². The second-order valence-electron chi connectivity index (χ2n) is 8.27. The summed E-state index contributed by atoms with van der Waals surface area (Å²) in [6, 6.07) is 7.81. The van der Waals surface area contributed by atoms with Crippen molar-refractivity contribution in [2.75, 3.05) is 13.1 Å². The second-order valence-corrected chi connectivity index (χ2v) is 10.1. The number of ketones is 1. The third kappa shape index (κ3) is 4.33. The molecule has 29 heavy (non-hydrogen) atoms. The van der Waals surface area contributed by atoms with Crippen molar-refractivity contribution in [2.45, 2.75) is 69.8 Å². The van der Waals surface area contributed by atoms with E-state index in [1.54, 1.807) is 13.0 Å². The standard InChI is InChI=1S/C23H29NO4S/c1-17-20(16-23(28-17)29(26,27)24-12-5-2-6-13-24)15-21(25)14-19-10-7-9-18-8-3-4-11-22(18)19/h7,9-10,16H,2-6,8,11-15H2,1H3. The van der Waals surface area contributed by atoms with Gasteiger partial charge in [0.15, 0.2) is 0 Å². The molecule has 1 aliphatic carbocycles. The number of carbonyl (C=O) groups is 1. The largest absolute Gasteiger partial charge is 0.448 e. The monoisotopic (exact) mass is 415 g/mol. The van der Waals surface area contributed by atoms with Gasteiger partial charge in [-0.1, -0.05) is 24.6 Å². The van der Waals surface area contributed by atoms with Gasteiger partial charge >= 0.3 is 0 Å². The summed E-state index contributed by atoms with van der Waals surface area (Å²) in [5.41, 5.74) is 4.50. The maximum Gasteiger partial charge on any atom is 0.276 e. The van der Waals surface area contributed by atoms with E-state index in [0.29, 0.717) is 30.8 Å². The van der Waals surface area contributed by atoms with Crippen LogP contribution in [0.2, 0.25) is 0 Å². The minimum Gasteiger partial charge on any atom is -0.448 e. The summed E-state index contributed by atoms with van der Waals surface area (Å²) in [6.07, 6.45) is 7.95. The molecule has 0 radical (unpaired) electrons. The molecule has 2 heterocycles. The number of sulfonamides is 1. The average molecular weight is 416 g/mol. The zero-order valence-corrected chi connectivity index (χ0v) is 17.9. The molecule has 0 unspecified atom stereocenters. The molecule has 0 spiro atoms. The van der Waals surface area contributed by atoms with E-state index in [2.05, 4.69) is 12.1 Å². The minimum absolute atomic E-state index is 0.0307. The molecule has 5 nitrogen and oxygen atoms in total. The van der Waals surface area contributed by atoms with Gasteiger partial charge in [-0.15, -0.1) is 0 Å². The summed E-state index contributed by atoms with van der Waals surface area (Å²) in [5, 5.41) is -0.0307. The van der Waals surface area contributed by atoms with E-state index in [-0.39, 0.29) is 17.3 Å². The van der Waals surface area contributed by atoms with Crippen molar-refractivity contribution >= 4 is 15.8 Å². The molecule has 1 saturated heterocycles. The Morgan fingerprint density at radius 3 is 2.52 bits per heavy atom. The van der Waals surface area contributed by atoms with Crippen LogP contribution in [-0.2, 0) is 40.5 Å². The number of hydrogen-bond donors (Lipinski definition) is 0. The molecule has 0 atom stereocenters. The molecule has 156 valence electrons. The lowest BCUT2D eigenvalue weighted by molar-refractivity contribution is -0.117. The Morgan fingerprint density at radius 1 is 1.00 bits per heavy atom. The number of furan rings is 1. The maximum absolute atomic E-state index is 12.8. The maximum atomic E-state index is 12.8. The number of benzene rings is 1. The average Bonchev–Trinajstić information content (AvgIpc) is 3.10. The van der Waals surface area contributed by atoms with Gasteiger partial charge in [-0.3, -0.25) is 4.79 Å². The van der Waals surface area contributed by atoms with Crippen LogP contribution < -0.4 is 0 Å². The molecular formula is C23H29NO4S. The Kier molecular flexibility index (Phi) is 5.93. The fourth-order valence-electron chi connectivity index (χ4n) is 4.54. The van der Waals surface area contributed by atoms with Gasteiger partial charge in [-0.05, 0) is 62.1 Å². The first-order valence-corrected chi connectivity index (χ1v) is 12.1. The van der Waals surface area contributed by atoms with Gasteiger partial charge in [-0.2, -0.15) is 4.31 Å². The molecule has 2 aromatic rings. The van der Waals surface area contributed by atoms with E-state index in [1.165, 1.54) is 28.3 Å². The summed E-state index contributed by atoms with van der Waals surface area (Å²) < 4.78 is 32.8. The highest BCUT2D eigenvalue weighted by Crippen LogP contribution is 2.27. The number of nitrogens with zero attached hydrogens (tertiary/aromatic N) is 1. The number of piperidine rings is 1. The Labute approximate surface area is 173 Å². The molecular weight excluding hydrogens is 386 g/mol. The van der Waals surface area contributed by atoms with Crippen LogP contribution in [0.5, 0.6) is 0 Å². The highest BCUT2D eigenvalue weighted by molar-refractivity contribution is 7.89. The first kappa shape index (κ1) is 20.4. The quantitative estimate of drug-likeness (QED) is 0.715. The van der Waals surface area contributed by atoms with E-state index in [4.69, 9.17) is 4.42 Å². The highest BCUT2D eigenvalue weighted by Gasteiger charge is 2.30. The van der Waals surface area contributed by atoms with Crippen LogP contribution in [0.3, 0.4) is 0 Å². The van der Waals surface area contributed by atoms with Crippen molar-refractivity contribution in [3.05, 3.63) is 52.3 Å². The van der Waals surface area contributed by atoms with Crippen molar-refractivity contribution in [1.29, 1.82) is 0 Å². The van der Waals surface area contributed by atoms with Gasteiger partial charge in [0, 0.05) is 37.6 Å². The van der Waals surface area contributed by atoms with Crippen LogP contribution in [0.15, 0.2) is 33.8 Å². The summed E-state index contributed by atoms with van der Waals surface area (Å²) in [5.74, 6) is 0.610. The Hall–Kier alpha value is -1.92. The van der Waals surface area contributed by atoms with Crippen LogP contribution in [0, 0.1) is 6.92 Å². The summed E-state index contributed by atoms with van der Waals surface area (Å²) in [6.45, 7) is 2.81. The molecule has 0 amide bonds. The lowest BCUT2D eigenvalue weighted by atomic mass is 9.86. The number of hydrogen-bond acceptors (Lipinski definition) is 4. The van der Waals surface area contributed by atoms with Crippen LogP contribution in [0.25, 0.3) is 0 Å². The Morgan fingerprint density at radius 2 is 1.72 bits per heavy atom. The van der Waals surface area contributed by atoms with Crippen molar-refractivity contribution in [2.24, 2.45) is 0 Å². The topological polar surface area (TPSA) is 67.6 Å². The van der Waals surface area contributed by atoms with Gasteiger partial charge in [0.05, 0.1) is 0 Å². The van der Waals surface area contributed by atoms with Crippen molar-refractivity contribution < 1.29 is 17.6 Å². The Bertz CT molecular complexity index is 1000. The lowest BCUT2D eigenvalue weighted by Gasteiger charge is -2.24. The molecule has 1 fully saturated rings. The first-order chi connectivity index (χ1) is 13.9. The third-order valence-electron chi connectivity index (χ3n) is 6.18. The van der Waals surface area contributed by atoms with E-state index in [1.807, 2.05) is 6.07 Å². The second kappa shape index (κ2) is 8.44. The van der Waals surface area contributed by atoms with Gasteiger partial charge in [0.2, 0.25) is 5.09 Å². The SMILES string of the molecule is Cc1oc(S(=O)(=O)N2CCCCC2)cc1CC(=O)Cc1cccc2c1CCCC2. The van der Waals surface area contributed by atoms with Crippen LogP contribution in [-0.4, -0.2) is 31.6 Å². The fraction of sp³-hybridized carbons (Fsp3) is 0.522. The van der Waals surface area contributed by atoms with Crippen LogP contribution in [0.1, 0.15) is 60.1 Å². The lowest BCUT2D eigenvalue weighted by Crippen LogP contribution is -2.35. The van der Waals surface area contributed by atoms with Gasteiger partial charge in [0.1, 0.15) is 11.5 Å². The van der Waals surface area contributed by atoms with Crippen molar-refractivity contribution in [1.82, 2.24) is 4.31 Å². The molecule has 1 aromatic carbocycles. The highest BCUT2D eigenvalue weighted by atomic mass is 32.2. The third-order valence-corrected chi connectivity index (χ3v) is 7.93. The zero-order chi connectivity index (χ0) is 20.4. The van der Waals surface area contributed by atoms with Crippen molar-refractivity contribution in [3.8, 4) is 0 Å². The molecule has 0 N–H and O–H groups in total. The number of carbonyl (C=O) groups excluding carboxylic acids is 1. The van der Waals surface area contributed by atoms with Crippen molar-refractivity contribution in [3.63, 3.8) is 0 Å². The number of Topliss-reactive ketones (excluding diaryl/α,β-unsaturated/α-hetero) is 1. The predicted octanol–water partition coefficient (Wildman–Crippen LogP) is 4.00. The van der Waals surface area contributed by atoms with Crippen LogP contribution in [0.4, 0.5) is 0 Å². The number of aryl methyl sites for hydroxylation is 2. The van der Waals surface area contributed by atoms with Crippen LogP contribution >= 0.6 is 0 Å². The summed E-state index contributed by atoms with van der Waals surface area (Å²) >= 11 is 0.